The van der Waals surface area contributed by atoms with Gasteiger partial charge >= 0.3 is 0 Å². The number of aryl methyl sites for hydroxylation is 1. The van der Waals surface area contributed by atoms with E-state index >= 15 is 0 Å². The molecule has 24 heavy (non-hydrogen) atoms. The Bertz CT molecular complexity index is 771. The van der Waals surface area contributed by atoms with Crippen molar-refractivity contribution in [2.24, 2.45) is 21.7 Å². The van der Waals surface area contributed by atoms with Crippen LogP contribution in [0.2, 0.25) is 5.02 Å². The van der Waals surface area contributed by atoms with Crippen LogP contribution in [0.15, 0.2) is 46.6 Å². The molecule has 0 unspecified atom stereocenters. The van der Waals surface area contributed by atoms with E-state index < -0.39 is 0 Å². The van der Waals surface area contributed by atoms with E-state index in [2.05, 4.69) is 10.2 Å². The number of nitrogens with two attached hydrogens (primary N) is 2. The van der Waals surface area contributed by atoms with Crippen molar-refractivity contribution < 1.29 is 9.47 Å². The molecule has 7 heteroatoms. The summed E-state index contributed by atoms with van der Waals surface area (Å²) in [5, 5.41) is 8.07. The van der Waals surface area contributed by atoms with Crippen molar-refractivity contribution in [2.45, 2.75) is 13.5 Å². The molecule has 0 saturated heterocycles. The highest BCUT2D eigenvalue weighted by Crippen LogP contribution is 2.24. The minimum Gasteiger partial charge on any atom is -0.496 e. The highest BCUT2D eigenvalue weighted by molar-refractivity contribution is 6.31. The van der Waals surface area contributed by atoms with Crippen LogP contribution in [0.4, 0.5) is 0 Å². The first-order chi connectivity index (χ1) is 11.5. The fourth-order valence-corrected chi connectivity index (χ4v) is 2.14. The largest absolute Gasteiger partial charge is 0.496 e. The van der Waals surface area contributed by atoms with Crippen molar-refractivity contribution in [1.29, 1.82) is 0 Å². The molecule has 0 heterocycles. The van der Waals surface area contributed by atoms with Crippen molar-refractivity contribution in [2.75, 3.05) is 7.11 Å². The van der Waals surface area contributed by atoms with E-state index in [1.54, 1.807) is 13.3 Å². The molecule has 0 radical (unpaired) electrons. The SMILES string of the molecule is COc1ccc(C=NN=C(N)N)cc1COc1ccc(Cl)c(C)c1. The highest BCUT2D eigenvalue weighted by Gasteiger charge is 2.06. The summed E-state index contributed by atoms with van der Waals surface area (Å²) in [4.78, 5) is 0. The predicted octanol–water partition coefficient (Wildman–Crippen LogP) is 2.84. The molecule has 2 aromatic rings. The van der Waals surface area contributed by atoms with Crippen LogP contribution in [0.5, 0.6) is 11.5 Å². The van der Waals surface area contributed by atoms with Crippen molar-refractivity contribution in [3.8, 4) is 11.5 Å². The summed E-state index contributed by atoms with van der Waals surface area (Å²) in [6.07, 6.45) is 1.55. The molecule has 0 amide bonds. The number of rotatable bonds is 6. The summed E-state index contributed by atoms with van der Waals surface area (Å²) in [5.41, 5.74) is 13.1. The molecule has 0 aliphatic rings. The second-order valence-electron chi connectivity index (χ2n) is 5.04. The molecule has 2 rings (SSSR count). The van der Waals surface area contributed by atoms with E-state index in [4.69, 9.17) is 32.5 Å². The smallest absolute Gasteiger partial charge is 0.211 e. The van der Waals surface area contributed by atoms with Crippen LogP contribution < -0.4 is 20.9 Å². The van der Waals surface area contributed by atoms with E-state index in [9.17, 15) is 0 Å². The molecule has 0 saturated carbocycles. The molecule has 0 fully saturated rings. The van der Waals surface area contributed by atoms with Crippen molar-refractivity contribution in [3.63, 3.8) is 0 Å². The lowest BCUT2D eigenvalue weighted by Crippen LogP contribution is -2.21. The van der Waals surface area contributed by atoms with Gasteiger partial charge in [-0.25, -0.2) is 0 Å². The first-order valence-corrected chi connectivity index (χ1v) is 7.55. The third kappa shape index (κ3) is 4.89. The maximum absolute atomic E-state index is 6.02. The normalized spacial score (nSPS) is 10.6. The van der Waals surface area contributed by atoms with Gasteiger partial charge in [-0.2, -0.15) is 5.10 Å². The van der Waals surface area contributed by atoms with Gasteiger partial charge in [-0.15, -0.1) is 5.10 Å². The Morgan fingerprint density at radius 2 is 2.00 bits per heavy atom. The lowest BCUT2D eigenvalue weighted by Gasteiger charge is -2.12. The van der Waals surface area contributed by atoms with Gasteiger partial charge in [0.1, 0.15) is 18.1 Å². The fourth-order valence-electron chi connectivity index (χ4n) is 2.02. The number of ether oxygens (including phenoxy) is 2. The number of nitrogens with zero attached hydrogens (tertiary/aromatic N) is 2. The van der Waals surface area contributed by atoms with Crippen LogP contribution in [0, 0.1) is 6.92 Å². The molecule has 2 aromatic carbocycles. The van der Waals surface area contributed by atoms with Crippen LogP contribution in [0.1, 0.15) is 16.7 Å². The number of benzene rings is 2. The summed E-state index contributed by atoms with van der Waals surface area (Å²) in [6.45, 7) is 2.27. The molecule has 0 atom stereocenters. The summed E-state index contributed by atoms with van der Waals surface area (Å²) in [5.74, 6) is 1.36. The molecular formula is C17H19ClN4O2. The monoisotopic (exact) mass is 346 g/mol. The van der Waals surface area contributed by atoms with Crippen LogP contribution in [0.25, 0.3) is 0 Å². The lowest BCUT2D eigenvalue weighted by molar-refractivity contribution is 0.296. The zero-order valence-corrected chi connectivity index (χ0v) is 14.2. The molecule has 0 aliphatic heterocycles. The predicted molar refractivity (Wildman–Crippen MR) is 96.9 cm³/mol. The maximum atomic E-state index is 6.02. The van der Waals surface area contributed by atoms with E-state index in [0.717, 1.165) is 28.2 Å². The Labute approximate surface area is 145 Å². The summed E-state index contributed by atoms with van der Waals surface area (Å²) >= 11 is 6.02. The zero-order chi connectivity index (χ0) is 17.5. The second kappa shape index (κ2) is 8.21. The first kappa shape index (κ1) is 17.6. The highest BCUT2D eigenvalue weighted by atomic mass is 35.5. The molecule has 0 aromatic heterocycles. The Kier molecular flexibility index (Phi) is 6.03. The van der Waals surface area contributed by atoms with Gasteiger partial charge < -0.3 is 20.9 Å². The van der Waals surface area contributed by atoms with E-state index in [-0.39, 0.29) is 5.96 Å². The zero-order valence-electron chi connectivity index (χ0n) is 13.5. The number of halogens is 1. The molecule has 0 spiro atoms. The maximum Gasteiger partial charge on any atom is 0.211 e. The van der Waals surface area contributed by atoms with Gasteiger partial charge in [0.2, 0.25) is 5.96 Å². The van der Waals surface area contributed by atoms with Crippen LogP contribution in [-0.2, 0) is 6.61 Å². The van der Waals surface area contributed by atoms with Gasteiger partial charge in [0, 0.05) is 10.6 Å². The lowest BCUT2D eigenvalue weighted by atomic mass is 10.1. The van der Waals surface area contributed by atoms with Gasteiger partial charge in [0.05, 0.1) is 13.3 Å². The first-order valence-electron chi connectivity index (χ1n) is 7.17. The average molecular weight is 347 g/mol. The number of guanidine groups is 1. The minimum atomic E-state index is -0.0959. The van der Waals surface area contributed by atoms with Gasteiger partial charge in [-0.1, -0.05) is 11.6 Å². The molecule has 4 N–H and O–H groups in total. The molecule has 126 valence electrons. The Balaban J connectivity index is 2.16. The number of methoxy groups -OCH3 is 1. The average Bonchev–Trinajstić information content (AvgIpc) is 2.56. The fraction of sp³-hybridized carbons (Fsp3) is 0.176. The Morgan fingerprint density at radius 3 is 2.67 bits per heavy atom. The van der Waals surface area contributed by atoms with Crippen molar-refractivity contribution in [3.05, 3.63) is 58.1 Å². The topological polar surface area (TPSA) is 95.2 Å². The molecule has 0 bridgehead atoms. The van der Waals surface area contributed by atoms with Gasteiger partial charge in [0.25, 0.3) is 0 Å². The third-order valence-electron chi connectivity index (χ3n) is 3.21. The second-order valence-corrected chi connectivity index (χ2v) is 5.45. The van der Waals surface area contributed by atoms with Gasteiger partial charge in [-0.3, -0.25) is 0 Å². The van der Waals surface area contributed by atoms with Crippen LogP contribution in [0.3, 0.4) is 0 Å². The third-order valence-corrected chi connectivity index (χ3v) is 3.63. The summed E-state index contributed by atoms with van der Waals surface area (Å²) in [6, 6.07) is 11.1. The van der Waals surface area contributed by atoms with E-state index in [1.165, 1.54) is 0 Å². The Hall–Kier alpha value is -2.73. The summed E-state index contributed by atoms with van der Waals surface area (Å²) in [7, 11) is 1.61. The van der Waals surface area contributed by atoms with Crippen LogP contribution in [-0.4, -0.2) is 19.3 Å². The minimum absolute atomic E-state index is 0.0959. The molecule has 6 nitrogen and oxygen atoms in total. The van der Waals surface area contributed by atoms with E-state index in [0.29, 0.717) is 11.6 Å². The number of hydrogen-bond acceptors (Lipinski definition) is 4. The van der Waals surface area contributed by atoms with Crippen molar-refractivity contribution in [1.82, 2.24) is 0 Å². The van der Waals surface area contributed by atoms with Crippen molar-refractivity contribution >= 4 is 23.8 Å². The van der Waals surface area contributed by atoms with E-state index in [1.807, 2.05) is 43.3 Å². The van der Waals surface area contributed by atoms with Gasteiger partial charge in [0.15, 0.2) is 0 Å². The quantitative estimate of drug-likeness (QED) is 0.477. The standard InChI is InChI=1S/C17H19ClN4O2/c1-11-7-14(4-5-15(11)18)24-10-13-8-12(3-6-16(13)23-2)9-21-22-17(19)20/h3-9H,10H2,1-2H3,(H4,19,20,22). The van der Waals surface area contributed by atoms with Gasteiger partial charge in [-0.05, 0) is 54.4 Å². The summed E-state index contributed by atoms with van der Waals surface area (Å²) < 4.78 is 11.2. The Morgan fingerprint density at radius 1 is 1.21 bits per heavy atom. The molecular weight excluding hydrogens is 328 g/mol. The number of hydrogen-bond donors (Lipinski definition) is 2. The van der Waals surface area contributed by atoms with Crippen LogP contribution >= 0.6 is 11.6 Å². The molecule has 0 aliphatic carbocycles.